The molecule has 0 bridgehead atoms. The summed E-state index contributed by atoms with van der Waals surface area (Å²) in [6, 6.07) is 7.87. The van der Waals surface area contributed by atoms with Crippen LogP contribution in [0.1, 0.15) is 12.0 Å². The van der Waals surface area contributed by atoms with Crippen molar-refractivity contribution in [2.75, 3.05) is 12.3 Å². The molecule has 0 aliphatic rings. The van der Waals surface area contributed by atoms with Gasteiger partial charge in [-0.2, -0.15) is 0 Å². The first-order valence-electron chi connectivity index (χ1n) is 4.52. The van der Waals surface area contributed by atoms with E-state index in [1.165, 1.54) is 0 Å². The summed E-state index contributed by atoms with van der Waals surface area (Å²) >= 11 is 3.43. The highest BCUT2D eigenvalue weighted by Crippen LogP contribution is 2.17. The second-order valence-corrected chi connectivity index (χ2v) is 5.45. The summed E-state index contributed by atoms with van der Waals surface area (Å²) in [5, 5.41) is 0. The molecule has 78 valence electrons. The maximum atomic E-state index is 11.6. The van der Waals surface area contributed by atoms with Crippen molar-refractivity contribution < 1.29 is 4.21 Å². The molecule has 0 spiro atoms. The van der Waals surface area contributed by atoms with Gasteiger partial charge in [0.15, 0.2) is 0 Å². The molecule has 0 aromatic heterocycles. The Balaban J connectivity index is 2.52. The third kappa shape index (κ3) is 3.90. The molecule has 14 heavy (non-hydrogen) atoms. The molecular weight excluding hydrogens is 262 g/mol. The van der Waals surface area contributed by atoms with Gasteiger partial charge in [0.2, 0.25) is 0 Å². The van der Waals surface area contributed by atoms with Gasteiger partial charge in [0.1, 0.15) is 0 Å². The Kier molecular flexibility index (Phi) is 5.37. The first-order valence-corrected chi connectivity index (χ1v) is 6.80. The van der Waals surface area contributed by atoms with Gasteiger partial charge in [-0.25, -0.2) is 0 Å². The highest BCUT2D eigenvalue weighted by atomic mass is 79.9. The normalized spacial score (nSPS) is 12.7. The van der Waals surface area contributed by atoms with Gasteiger partial charge < -0.3 is 5.73 Å². The topological polar surface area (TPSA) is 43.1 Å². The summed E-state index contributed by atoms with van der Waals surface area (Å²) in [5.74, 6) is 1.30. The van der Waals surface area contributed by atoms with Crippen LogP contribution in [0.4, 0.5) is 0 Å². The highest BCUT2D eigenvalue weighted by molar-refractivity contribution is 9.10. The lowest BCUT2D eigenvalue weighted by Crippen LogP contribution is -2.07. The lowest BCUT2D eigenvalue weighted by Gasteiger charge is -2.03. The van der Waals surface area contributed by atoms with E-state index in [9.17, 15) is 4.21 Å². The molecule has 2 nitrogen and oxygen atoms in total. The molecule has 2 N–H and O–H groups in total. The van der Waals surface area contributed by atoms with Crippen molar-refractivity contribution in [1.82, 2.24) is 0 Å². The molecule has 0 fully saturated rings. The van der Waals surface area contributed by atoms with Crippen LogP contribution in [0.5, 0.6) is 0 Å². The Hall–Kier alpha value is -0.190. The average molecular weight is 276 g/mol. The highest BCUT2D eigenvalue weighted by Gasteiger charge is 2.03. The largest absolute Gasteiger partial charge is 0.330 e. The van der Waals surface area contributed by atoms with Crippen molar-refractivity contribution >= 4 is 26.7 Å². The molecule has 4 heteroatoms. The molecule has 0 heterocycles. The van der Waals surface area contributed by atoms with E-state index in [2.05, 4.69) is 15.9 Å². The lowest BCUT2D eigenvalue weighted by molar-refractivity contribution is 0.680. The van der Waals surface area contributed by atoms with Crippen molar-refractivity contribution in [3.8, 4) is 0 Å². The molecule has 1 atom stereocenters. The summed E-state index contributed by atoms with van der Waals surface area (Å²) in [6.07, 6.45) is 0.830. The van der Waals surface area contributed by atoms with Gasteiger partial charge in [0.25, 0.3) is 0 Å². The fraction of sp³-hybridized carbons (Fsp3) is 0.400. The zero-order valence-corrected chi connectivity index (χ0v) is 10.3. The summed E-state index contributed by atoms with van der Waals surface area (Å²) in [6.45, 7) is 0.613. The number of rotatable bonds is 5. The molecule has 0 amide bonds. The molecular formula is C10H14BrNOS. The van der Waals surface area contributed by atoms with Crippen LogP contribution in [0.25, 0.3) is 0 Å². The van der Waals surface area contributed by atoms with Gasteiger partial charge in [-0.05, 0) is 24.6 Å². The van der Waals surface area contributed by atoms with E-state index in [1.54, 1.807) is 0 Å². The minimum absolute atomic E-state index is 0.613. The van der Waals surface area contributed by atoms with Crippen LogP contribution < -0.4 is 5.73 Å². The lowest BCUT2D eigenvalue weighted by atomic mass is 10.2. The van der Waals surface area contributed by atoms with Crippen LogP contribution in [0.2, 0.25) is 0 Å². The summed E-state index contributed by atoms with van der Waals surface area (Å²) in [7, 11) is -0.791. The van der Waals surface area contributed by atoms with E-state index in [0.29, 0.717) is 18.1 Å². The minimum atomic E-state index is -0.791. The van der Waals surface area contributed by atoms with Crippen LogP contribution >= 0.6 is 15.9 Å². The summed E-state index contributed by atoms with van der Waals surface area (Å²) in [4.78, 5) is 0. The van der Waals surface area contributed by atoms with E-state index >= 15 is 0 Å². The van der Waals surface area contributed by atoms with E-state index in [4.69, 9.17) is 5.73 Å². The van der Waals surface area contributed by atoms with E-state index in [1.807, 2.05) is 24.3 Å². The van der Waals surface area contributed by atoms with Crippen LogP contribution in [0, 0.1) is 0 Å². The van der Waals surface area contributed by atoms with E-state index < -0.39 is 10.8 Å². The Morgan fingerprint density at radius 2 is 2.07 bits per heavy atom. The van der Waals surface area contributed by atoms with Crippen molar-refractivity contribution in [3.63, 3.8) is 0 Å². The fourth-order valence-corrected chi connectivity index (χ4v) is 2.95. The zero-order chi connectivity index (χ0) is 10.4. The third-order valence-corrected chi connectivity index (χ3v) is 4.00. The minimum Gasteiger partial charge on any atom is -0.330 e. The van der Waals surface area contributed by atoms with Crippen molar-refractivity contribution in [2.24, 2.45) is 5.73 Å². The van der Waals surface area contributed by atoms with Crippen LogP contribution in [-0.4, -0.2) is 16.5 Å². The maximum Gasteiger partial charge on any atom is 0.0496 e. The van der Waals surface area contributed by atoms with Crippen LogP contribution in [0.15, 0.2) is 28.7 Å². The predicted molar refractivity (Wildman–Crippen MR) is 64.5 cm³/mol. The Labute approximate surface area is 95.5 Å². The Morgan fingerprint density at radius 3 is 2.71 bits per heavy atom. The molecule has 1 rings (SSSR count). The molecule has 0 saturated heterocycles. The Morgan fingerprint density at radius 1 is 1.36 bits per heavy atom. The maximum absolute atomic E-state index is 11.6. The molecule has 0 aliphatic carbocycles. The fourth-order valence-electron chi connectivity index (χ4n) is 1.11. The summed E-state index contributed by atoms with van der Waals surface area (Å²) in [5.41, 5.74) is 6.46. The number of halogens is 1. The van der Waals surface area contributed by atoms with Crippen LogP contribution in [0.3, 0.4) is 0 Å². The van der Waals surface area contributed by atoms with Crippen molar-refractivity contribution in [1.29, 1.82) is 0 Å². The van der Waals surface area contributed by atoms with Gasteiger partial charge in [-0.3, -0.25) is 4.21 Å². The molecule has 1 aromatic carbocycles. The van der Waals surface area contributed by atoms with Gasteiger partial charge >= 0.3 is 0 Å². The van der Waals surface area contributed by atoms with Crippen LogP contribution in [-0.2, 0) is 16.6 Å². The summed E-state index contributed by atoms with van der Waals surface area (Å²) < 4.78 is 12.6. The van der Waals surface area contributed by atoms with Crippen molar-refractivity contribution in [3.05, 3.63) is 34.3 Å². The van der Waals surface area contributed by atoms with Gasteiger partial charge in [-0.15, -0.1) is 0 Å². The van der Waals surface area contributed by atoms with E-state index in [-0.39, 0.29) is 0 Å². The van der Waals surface area contributed by atoms with Gasteiger partial charge in [-0.1, -0.05) is 34.1 Å². The average Bonchev–Trinajstić information content (AvgIpc) is 2.18. The molecule has 0 saturated carbocycles. The SMILES string of the molecule is NCCCS(=O)Cc1ccccc1Br. The number of hydrogen-bond donors (Lipinski definition) is 1. The Bertz CT molecular complexity index is 317. The van der Waals surface area contributed by atoms with Crippen molar-refractivity contribution in [2.45, 2.75) is 12.2 Å². The third-order valence-electron chi connectivity index (χ3n) is 1.85. The monoisotopic (exact) mass is 275 g/mol. The quantitative estimate of drug-likeness (QED) is 0.894. The second kappa shape index (κ2) is 6.32. The molecule has 1 aromatic rings. The van der Waals surface area contributed by atoms with Gasteiger partial charge in [0, 0.05) is 26.8 Å². The first-order chi connectivity index (χ1) is 6.74. The van der Waals surface area contributed by atoms with E-state index in [0.717, 1.165) is 16.5 Å². The number of benzene rings is 1. The molecule has 1 unspecified atom stereocenters. The number of nitrogens with two attached hydrogens (primary N) is 1. The predicted octanol–water partition coefficient (Wildman–Crippen LogP) is 2.05. The smallest absolute Gasteiger partial charge is 0.0496 e. The zero-order valence-electron chi connectivity index (χ0n) is 7.91. The van der Waals surface area contributed by atoms with Gasteiger partial charge in [0.05, 0.1) is 0 Å². The second-order valence-electron chi connectivity index (χ2n) is 3.02. The number of hydrogen-bond acceptors (Lipinski definition) is 2. The molecule has 0 radical (unpaired) electrons. The first kappa shape index (κ1) is 11.9. The molecule has 0 aliphatic heterocycles. The standard InChI is InChI=1S/C10H14BrNOS/c11-10-5-2-1-4-9(10)8-14(13)7-3-6-12/h1-2,4-5H,3,6-8,12H2.